The summed E-state index contributed by atoms with van der Waals surface area (Å²) in [4.78, 5) is 28.5. The summed E-state index contributed by atoms with van der Waals surface area (Å²) in [5.41, 5.74) is 3.62. The summed E-state index contributed by atoms with van der Waals surface area (Å²) < 4.78 is 5.55. The Labute approximate surface area is 144 Å². The Morgan fingerprint density at radius 3 is 2.84 bits per heavy atom. The first-order chi connectivity index (χ1) is 12.0. The number of furan rings is 1. The van der Waals surface area contributed by atoms with Crippen LogP contribution in [-0.4, -0.2) is 17.5 Å². The molecule has 1 unspecified atom stereocenters. The van der Waals surface area contributed by atoms with Crippen molar-refractivity contribution in [3.8, 4) is 0 Å². The van der Waals surface area contributed by atoms with Crippen molar-refractivity contribution in [1.29, 1.82) is 0 Å². The van der Waals surface area contributed by atoms with Gasteiger partial charge < -0.3 is 9.73 Å². The van der Waals surface area contributed by atoms with E-state index in [1.807, 2.05) is 38.1 Å². The molecule has 1 atom stereocenters. The van der Waals surface area contributed by atoms with E-state index in [2.05, 4.69) is 10.3 Å². The van der Waals surface area contributed by atoms with Gasteiger partial charge in [-0.1, -0.05) is 29.8 Å². The van der Waals surface area contributed by atoms with Gasteiger partial charge >= 0.3 is 5.91 Å². The highest BCUT2D eigenvalue weighted by Gasteiger charge is 2.27. The van der Waals surface area contributed by atoms with Gasteiger partial charge in [0.25, 0.3) is 5.91 Å². The molecule has 2 aromatic rings. The number of hydrogen-bond donors (Lipinski definition) is 1. The topological polar surface area (TPSA) is 71.7 Å². The summed E-state index contributed by atoms with van der Waals surface area (Å²) in [6.07, 6.45) is 5.47. The second-order valence-electron chi connectivity index (χ2n) is 6.19. The largest absolute Gasteiger partial charge is 0.451 e. The monoisotopic (exact) mass is 332 g/mol. The molecule has 0 spiro atoms. The van der Waals surface area contributed by atoms with Gasteiger partial charge in [0.15, 0.2) is 5.76 Å². The Balaban J connectivity index is 1.65. The van der Waals surface area contributed by atoms with Crippen LogP contribution in [0.2, 0.25) is 0 Å². The lowest BCUT2D eigenvalue weighted by Gasteiger charge is -2.28. The maximum atomic E-state index is 12.4. The van der Waals surface area contributed by atoms with Crippen LogP contribution < -0.4 is 5.32 Å². The molecule has 1 aliphatic heterocycles. The third-order valence-electron chi connectivity index (χ3n) is 4.62. The molecule has 124 valence electrons. The number of rotatable bonds is 1. The predicted molar refractivity (Wildman–Crippen MR) is 95.2 cm³/mol. The highest BCUT2D eigenvalue weighted by molar-refractivity contribution is 6.14. The highest BCUT2D eigenvalue weighted by Crippen LogP contribution is 2.30. The van der Waals surface area contributed by atoms with Crippen molar-refractivity contribution in [2.45, 2.75) is 13.8 Å². The smallest absolute Gasteiger partial charge is 0.313 e. The fourth-order valence-electron chi connectivity index (χ4n) is 3.05. The molecule has 5 nitrogen and oxygen atoms in total. The maximum Gasteiger partial charge on any atom is 0.313 e. The number of carbonyl (C=O) groups is 2. The predicted octanol–water partition coefficient (Wildman–Crippen LogP) is 3.55. The SMILES string of the molecule is CC1=C(C)C2C=CC(=NC(=O)c3cc4ccccc4o3)C=C2NC1=O. The van der Waals surface area contributed by atoms with Gasteiger partial charge in [0.05, 0.1) is 5.71 Å². The quantitative estimate of drug-likeness (QED) is 0.868. The van der Waals surface area contributed by atoms with Crippen LogP contribution in [-0.2, 0) is 4.79 Å². The van der Waals surface area contributed by atoms with Crippen LogP contribution in [0.1, 0.15) is 24.4 Å². The lowest BCUT2D eigenvalue weighted by molar-refractivity contribution is -0.117. The average Bonchev–Trinajstić information content (AvgIpc) is 3.04. The second kappa shape index (κ2) is 5.70. The summed E-state index contributed by atoms with van der Waals surface area (Å²) in [6, 6.07) is 9.11. The van der Waals surface area contributed by atoms with Crippen molar-refractivity contribution in [3.05, 3.63) is 71.2 Å². The summed E-state index contributed by atoms with van der Waals surface area (Å²) in [5.74, 6) is -0.338. The number of nitrogens with one attached hydrogen (secondary N) is 1. The summed E-state index contributed by atoms with van der Waals surface area (Å²) in [7, 11) is 0. The molecule has 2 amide bonds. The first-order valence-electron chi connectivity index (χ1n) is 8.03. The third-order valence-corrected chi connectivity index (χ3v) is 4.62. The molecular weight excluding hydrogens is 316 g/mol. The normalized spacial score (nSPS) is 21.4. The maximum absolute atomic E-state index is 12.4. The molecule has 0 fully saturated rings. The van der Waals surface area contributed by atoms with Crippen molar-refractivity contribution in [2.24, 2.45) is 10.9 Å². The van der Waals surface area contributed by atoms with E-state index in [-0.39, 0.29) is 17.6 Å². The van der Waals surface area contributed by atoms with E-state index < -0.39 is 5.91 Å². The number of amides is 2. The zero-order valence-electron chi connectivity index (χ0n) is 13.9. The second-order valence-corrected chi connectivity index (χ2v) is 6.19. The van der Waals surface area contributed by atoms with E-state index in [1.54, 1.807) is 24.3 Å². The zero-order valence-corrected chi connectivity index (χ0v) is 13.9. The molecule has 4 rings (SSSR count). The van der Waals surface area contributed by atoms with E-state index in [4.69, 9.17) is 4.42 Å². The van der Waals surface area contributed by atoms with E-state index in [0.717, 1.165) is 22.2 Å². The molecule has 0 radical (unpaired) electrons. The number of allylic oxidation sites excluding steroid dienone is 3. The van der Waals surface area contributed by atoms with Crippen molar-refractivity contribution >= 4 is 28.5 Å². The van der Waals surface area contributed by atoms with Crippen molar-refractivity contribution in [2.75, 3.05) is 0 Å². The van der Waals surface area contributed by atoms with Crippen LogP contribution in [0.5, 0.6) is 0 Å². The first-order valence-corrected chi connectivity index (χ1v) is 8.03. The van der Waals surface area contributed by atoms with Gasteiger partial charge in [-0.2, -0.15) is 0 Å². The van der Waals surface area contributed by atoms with E-state index in [0.29, 0.717) is 11.3 Å². The number of fused-ring (bicyclic) bond motifs is 2. The van der Waals surface area contributed by atoms with Crippen LogP contribution in [0, 0.1) is 5.92 Å². The molecule has 5 heteroatoms. The number of nitrogens with zero attached hydrogens (tertiary/aromatic N) is 1. The first kappa shape index (κ1) is 15.3. The number of hydrogen-bond acceptors (Lipinski definition) is 3. The Morgan fingerprint density at radius 1 is 1.24 bits per heavy atom. The minimum atomic E-state index is -0.447. The number of para-hydroxylation sites is 1. The fourth-order valence-corrected chi connectivity index (χ4v) is 3.05. The molecule has 0 saturated heterocycles. The molecule has 1 aromatic heterocycles. The van der Waals surface area contributed by atoms with Gasteiger partial charge in [-0.15, -0.1) is 0 Å². The van der Waals surface area contributed by atoms with Crippen molar-refractivity contribution in [1.82, 2.24) is 5.32 Å². The average molecular weight is 332 g/mol. The molecule has 1 aromatic carbocycles. The summed E-state index contributed by atoms with van der Waals surface area (Å²) in [5, 5.41) is 3.72. The minimum Gasteiger partial charge on any atom is -0.451 e. The minimum absolute atomic E-state index is 0.0259. The molecule has 2 heterocycles. The van der Waals surface area contributed by atoms with Gasteiger partial charge in [0.1, 0.15) is 5.58 Å². The Hall–Kier alpha value is -3.21. The van der Waals surface area contributed by atoms with Gasteiger partial charge in [-0.3, -0.25) is 9.59 Å². The molecule has 25 heavy (non-hydrogen) atoms. The molecule has 2 aliphatic rings. The number of benzene rings is 1. The van der Waals surface area contributed by atoms with Crippen LogP contribution in [0.4, 0.5) is 0 Å². The molecule has 0 bridgehead atoms. The molecule has 1 aliphatic carbocycles. The van der Waals surface area contributed by atoms with E-state index >= 15 is 0 Å². The molecular formula is C20H16N2O3. The number of carbonyl (C=O) groups excluding carboxylic acids is 2. The van der Waals surface area contributed by atoms with Crippen LogP contribution in [0.25, 0.3) is 11.0 Å². The Morgan fingerprint density at radius 2 is 2.04 bits per heavy atom. The van der Waals surface area contributed by atoms with Crippen molar-refractivity contribution < 1.29 is 14.0 Å². The fraction of sp³-hybridized carbons (Fsp3) is 0.150. The zero-order chi connectivity index (χ0) is 17.6. The van der Waals surface area contributed by atoms with Gasteiger partial charge in [0, 0.05) is 22.6 Å². The molecule has 1 N–H and O–H groups in total. The molecule has 0 saturated carbocycles. The third kappa shape index (κ3) is 2.63. The summed E-state index contributed by atoms with van der Waals surface area (Å²) in [6.45, 7) is 3.75. The van der Waals surface area contributed by atoms with Crippen molar-refractivity contribution in [3.63, 3.8) is 0 Å². The Kier molecular flexibility index (Phi) is 3.50. The van der Waals surface area contributed by atoms with Crippen LogP contribution >= 0.6 is 0 Å². The summed E-state index contributed by atoms with van der Waals surface area (Å²) >= 11 is 0. The standard InChI is InChI=1S/C20H16N2O3/c1-11-12(2)19(23)22-16-10-14(7-8-15(11)16)21-20(24)18-9-13-5-3-4-6-17(13)25-18/h3-10,15H,1-2H3,(H,22,23). The van der Waals surface area contributed by atoms with Crippen LogP contribution in [0.15, 0.2) is 74.8 Å². The van der Waals surface area contributed by atoms with Gasteiger partial charge in [-0.05, 0) is 38.1 Å². The van der Waals surface area contributed by atoms with E-state index in [9.17, 15) is 9.59 Å². The lowest BCUT2D eigenvalue weighted by Crippen LogP contribution is -2.35. The lowest BCUT2D eigenvalue weighted by atomic mass is 9.85. The van der Waals surface area contributed by atoms with Gasteiger partial charge in [0.2, 0.25) is 0 Å². The van der Waals surface area contributed by atoms with E-state index in [1.165, 1.54) is 0 Å². The van der Waals surface area contributed by atoms with Gasteiger partial charge in [-0.25, -0.2) is 4.99 Å². The number of aliphatic imine (C=N–C) groups is 1. The highest BCUT2D eigenvalue weighted by atomic mass is 16.3. The Bertz CT molecular complexity index is 1000. The van der Waals surface area contributed by atoms with Crippen LogP contribution in [0.3, 0.4) is 0 Å².